The van der Waals surface area contributed by atoms with Gasteiger partial charge in [-0.15, -0.1) is 10.2 Å². The second kappa shape index (κ2) is 6.00. The molecule has 106 valence electrons. The molecule has 0 radical (unpaired) electrons. The number of amides is 1. The summed E-state index contributed by atoms with van der Waals surface area (Å²) in [5.74, 6) is -0.213. The van der Waals surface area contributed by atoms with Gasteiger partial charge in [0.2, 0.25) is 5.91 Å². The Morgan fingerprint density at radius 1 is 1.45 bits per heavy atom. The second-order valence-electron chi connectivity index (χ2n) is 4.46. The molecule has 1 amide bonds. The Kier molecular flexibility index (Phi) is 4.33. The molecule has 2 rings (SSSR count). The molecule has 1 unspecified atom stereocenters. The fraction of sp³-hybridized carbons (Fsp3) is 0.417. The molecule has 1 aromatic heterocycles. The molecule has 20 heavy (non-hydrogen) atoms. The average Bonchev–Trinajstić information content (AvgIpc) is 2.78. The number of carboxylic acids is 1. The van der Waals surface area contributed by atoms with Gasteiger partial charge in [-0.3, -0.25) is 14.5 Å². The zero-order valence-corrected chi connectivity index (χ0v) is 11.6. The van der Waals surface area contributed by atoms with Crippen LogP contribution in [0.1, 0.15) is 23.8 Å². The van der Waals surface area contributed by atoms with Gasteiger partial charge in [-0.25, -0.2) is 4.79 Å². The van der Waals surface area contributed by atoms with Gasteiger partial charge >= 0.3 is 5.97 Å². The minimum Gasteiger partial charge on any atom is -0.476 e. The first kappa shape index (κ1) is 14.4. The van der Waals surface area contributed by atoms with E-state index in [1.54, 1.807) is 0 Å². The van der Waals surface area contributed by atoms with Gasteiger partial charge in [0.1, 0.15) is 0 Å². The van der Waals surface area contributed by atoms with Crippen molar-refractivity contribution in [2.24, 2.45) is 5.92 Å². The van der Waals surface area contributed by atoms with Gasteiger partial charge in [-0.2, -0.15) is 0 Å². The SMILES string of the molecule is CC(=O)SCC1CC(=O)N(c2ccc(C(=O)O)nn2)C1. The number of aromatic nitrogens is 2. The van der Waals surface area contributed by atoms with Gasteiger partial charge in [-0.1, -0.05) is 11.8 Å². The maximum atomic E-state index is 11.9. The monoisotopic (exact) mass is 295 g/mol. The first-order valence-electron chi connectivity index (χ1n) is 5.98. The maximum absolute atomic E-state index is 11.9. The highest BCUT2D eigenvalue weighted by atomic mass is 32.2. The van der Waals surface area contributed by atoms with E-state index in [1.807, 2.05) is 0 Å². The lowest BCUT2D eigenvalue weighted by atomic mass is 10.1. The molecule has 0 aliphatic carbocycles. The second-order valence-corrected chi connectivity index (χ2v) is 5.66. The number of nitrogens with zero attached hydrogens (tertiary/aromatic N) is 3. The summed E-state index contributed by atoms with van der Waals surface area (Å²) in [5, 5.41) is 16.1. The Bertz CT molecular complexity index is 546. The summed E-state index contributed by atoms with van der Waals surface area (Å²) in [5.41, 5.74) is -0.163. The molecule has 1 aliphatic rings. The summed E-state index contributed by atoms with van der Waals surface area (Å²) in [6, 6.07) is 2.78. The number of carboxylic acid groups (broad SMARTS) is 1. The average molecular weight is 295 g/mol. The quantitative estimate of drug-likeness (QED) is 0.877. The molecule has 7 nitrogen and oxygen atoms in total. The minimum atomic E-state index is -1.16. The minimum absolute atomic E-state index is 0.0292. The summed E-state index contributed by atoms with van der Waals surface area (Å²) >= 11 is 1.20. The summed E-state index contributed by atoms with van der Waals surface area (Å²) < 4.78 is 0. The van der Waals surface area contributed by atoms with Crippen LogP contribution < -0.4 is 4.90 Å². The third-order valence-electron chi connectivity index (χ3n) is 2.87. The number of aromatic carboxylic acids is 1. The highest BCUT2D eigenvalue weighted by Crippen LogP contribution is 2.25. The lowest BCUT2D eigenvalue weighted by Crippen LogP contribution is -2.26. The van der Waals surface area contributed by atoms with E-state index in [4.69, 9.17) is 5.11 Å². The van der Waals surface area contributed by atoms with E-state index in [9.17, 15) is 14.4 Å². The van der Waals surface area contributed by atoms with Crippen LogP contribution in [0.5, 0.6) is 0 Å². The fourth-order valence-electron chi connectivity index (χ4n) is 1.93. The topological polar surface area (TPSA) is 100 Å². The van der Waals surface area contributed by atoms with E-state index in [1.165, 1.54) is 35.7 Å². The molecule has 1 aliphatic heterocycles. The summed E-state index contributed by atoms with van der Waals surface area (Å²) in [6.45, 7) is 1.97. The number of hydrogen-bond acceptors (Lipinski definition) is 6. The van der Waals surface area contributed by atoms with Crippen LogP contribution in [0.25, 0.3) is 0 Å². The van der Waals surface area contributed by atoms with Gasteiger partial charge in [0.05, 0.1) is 0 Å². The zero-order chi connectivity index (χ0) is 14.7. The van der Waals surface area contributed by atoms with Crippen LogP contribution in [0.15, 0.2) is 12.1 Å². The van der Waals surface area contributed by atoms with Gasteiger partial charge in [0.25, 0.3) is 0 Å². The predicted molar refractivity (Wildman–Crippen MR) is 72.6 cm³/mol. The molecule has 0 bridgehead atoms. The first-order chi connectivity index (χ1) is 9.47. The molecule has 2 heterocycles. The van der Waals surface area contributed by atoms with Crippen LogP contribution in [-0.2, 0) is 9.59 Å². The standard InChI is InChI=1S/C12H13N3O4S/c1-7(16)20-6-8-4-11(17)15(5-8)10-3-2-9(12(18)19)13-14-10/h2-3,8H,4-6H2,1H3,(H,18,19). The number of thioether (sulfide) groups is 1. The van der Waals surface area contributed by atoms with Crippen molar-refractivity contribution in [1.82, 2.24) is 10.2 Å². The van der Waals surface area contributed by atoms with Crippen molar-refractivity contribution in [1.29, 1.82) is 0 Å². The summed E-state index contributed by atoms with van der Waals surface area (Å²) in [4.78, 5) is 35.0. The van der Waals surface area contributed by atoms with Gasteiger partial charge in [-0.05, 0) is 18.1 Å². The molecule has 8 heteroatoms. The van der Waals surface area contributed by atoms with E-state index in [-0.39, 0.29) is 22.6 Å². The van der Waals surface area contributed by atoms with E-state index in [2.05, 4.69) is 10.2 Å². The number of rotatable bonds is 4. The van der Waals surface area contributed by atoms with Crippen molar-refractivity contribution < 1.29 is 19.5 Å². The van der Waals surface area contributed by atoms with E-state index < -0.39 is 5.97 Å². The van der Waals surface area contributed by atoms with Crippen LogP contribution in [0, 0.1) is 5.92 Å². The molecular weight excluding hydrogens is 282 g/mol. The lowest BCUT2D eigenvalue weighted by molar-refractivity contribution is -0.117. The molecule has 0 saturated carbocycles. The fourth-order valence-corrected chi connectivity index (χ4v) is 2.63. The lowest BCUT2D eigenvalue weighted by Gasteiger charge is -2.14. The molecule has 1 aromatic rings. The van der Waals surface area contributed by atoms with E-state index in [0.29, 0.717) is 24.5 Å². The number of hydrogen-bond donors (Lipinski definition) is 1. The Morgan fingerprint density at radius 3 is 2.75 bits per heavy atom. The van der Waals surface area contributed by atoms with E-state index >= 15 is 0 Å². The van der Waals surface area contributed by atoms with Crippen LogP contribution in [0.2, 0.25) is 0 Å². The van der Waals surface area contributed by atoms with Crippen molar-refractivity contribution in [3.8, 4) is 0 Å². The van der Waals surface area contributed by atoms with Crippen molar-refractivity contribution >= 4 is 34.6 Å². The predicted octanol–water partition coefficient (Wildman–Crippen LogP) is 0.807. The molecule has 0 aromatic carbocycles. The third-order valence-corrected chi connectivity index (χ3v) is 3.92. The van der Waals surface area contributed by atoms with Gasteiger partial charge < -0.3 is 5.11 Å². The van der Waals surface area contributed by atoms with Crippen LogP contribution in [0.4, 0.5) is 5.82 Å². The number of anilines is 1. The smallest absolute Gasteiger partial charge is 0.356 e. The number of carbonyl (C=O) groups excluding carboxylic acids is 2. The summed E-state index contributed by atoms with van der Waals surface area (Å²) in [7, 11) is 0. The first-order valence-corrected chi connectivity index (χ1v) is 6.96. The Hall–Kier alpha value is -1.96. The van der Waals surface area contributed by atoms with Crippen molar-refractivity contribution in [2.75, 3.05) is 17.2 Å². The van der Waals surface area contributed by atoms with E-state index in [0.717, 1.165) is 0 Å². The van der Waals surface area contributed by atoms with Crippen molar-refractivity contribution in [2.45, 2.75) is 13.3 Å². The zero-order valence-electron chi connectivity index (χ0n) is 10.8. The molecule has 1 fully saturated rings. The van der Waals surface area contributed by atoms with Crippen LogP contribution in [0.3, 0.4) is 0 Å². The molecule has 1 saturated heterocycles. The Labute approximate surface area is 119 Å². The number of carbonyl (C=O) groups is 3. The van der Waals surface area contributed by atoms with Crippen LogP contribution in [-0.4, -0.2) is 44.6 Å². The van der Waals surface area contributed by atoms with Crippen molar-refractivity contribution in [3.05, 3.63) is 17.8 Å². The van der Waals surface area contributed by atoms with Gasteiger partial charge in [0.15, 0.2) is 16.6 Å². The highest BCUT2D eigenvalue weighted by Gasteiger charge is 2.31. The molecule has 1 atom stereocenters. The van der Waals surface area contributed by atoms with Gasteiger partial charge in [0, 0.05) is 25.6 Å². The normalized spacial score (nSPS) is 18.4. The molecule has 1 N–H and O–H groups in total. The molecular formula is C12H13N3O4S. The summed E-state index contributed by atoms with van der Waals surface area (Å²) in [6.07, 6.45) is 0.364. The Morgan fingerprint density at radius 2 is 2.20 bits per heavy atom. The highest BCUT2D eigenvalue weighted by molar-refractivity contribution is 8.13. The Balaban J connectivity index is 2.03. The van der Waals surface area contributed by atoms with Crippen molar-refractivity contribution in [3.63, 3.8) is 0 Å². The maximum Gasteiger partial charge on any atom is 0.356 e. The van der Waals surface area contributed by atoms with Crippen LogP contribution >= 0.6 is 11.8 Å². The molecule has 0 spiro atoms. The third kappa shape index (κ3) is 3.32. The largest absolute Gasteiger partial charge is 0.476 e.